The molecule has 0 spiro atoms. The lowest BCUT2D eigenvalue weighted by Gasteiger charge is -2.36. The number of halogens is 1. The zero-order valence-electron chi connectivity index (χ0n) is 12.9. The summed E-state index contributed by atoms with van der Waals surface area (Å²) in [5, 5.41) is 3.61. The quantitative estimate of drug-likeness (QED) is 0.859. The third-order valence-corrected chi connectivity index (χ3v) is 3.93. The first-order valence-electron chi connectivity index (χ1n) is 7.45. The van der Waals surface area contributed by atoms with Gasteiger partial charge in [-0.2, -0.15) is 0 Å². The van der Waals surface area contributed by atoms with Crippen molar-refractivity contribution in [2.45, 2.75) is 38.6 Å². The van der Waals surface area contributed by atoms with Crippen LogP contribution >= 0.6 is 0 Å². The van der Waals surface area contributed by atoms with Gasteiger partial charge in [-0.25, -0.2) is 4.39 Å². The second-order valence-electron chi connectivity index (χ2n) is 5.90. The van der Waals surface area contributed by atoms with E-state index in [0.717, 1.165) is 24.1 Å². The number of pyridine rings is 1. The van der Waals surface area contributed by atoms with Crippen molar-refractivity contribution >= 4 is 0 Å². The molecule has 0 radical (unpaired) electrons. The summed E-state index contributed by atoms with van der Waals surface area (Å²) in [6.45, 7) is 7.45. The van der Waals surface area contributed by atoms with Crippen molar-refractivity contribution in [3.05, 3.63) is 65.7 Å². The maximum atomic E-state index is 13.2. The van der Waals surface area contributed by atoms with Gasteiger partial charge < -0.3 is 5.32 Å². The van der Waals surface area contributed by atoms with Crippen molar-refractivity contribution in [2.24, 2.45) is 0 Å². The van der Waals surface area contributed by atoms with Crippen LogP contribution in [0.25, 0.3) is 0 Å². The Morgan fingerprint density at radius 1 is 1.19 bits per heavy atom. The van der Waals surface area contributed by atoms with E-state index < -0.39 is 0 Å². The molecule has 3 heteroatoms. The van der Waals surface area contributed by atoms with E-state index in [1.165, 1.54) is 12.1 Å². The lowest BCUT2D eigenvalue weighted by Crippen LogP contribution is -2.38. The van der Waals surface area contributed by atoms with Crippen LogP contribution in [-0.2, 0) is 5.41 Å². The molecule has 1 heterocycles. The van der Waals surface area contributed by atoms with Crippen molar-refractivity contribution in [1.29, 1.82) is 0 Å². The minimum Gasteiger partial charge on any atom is -0.309 e. The van der Waals surface area contributed by atoms with E-state index in [1.54, 1.807) is 6.20 Å². The smallest absolute Gasteiger partial charge is 0.123 e. The number of nitrogens with zero attached hydrogens (tertiary/aromatic N) is 1. The zero-order valence-corrected chi connectivity index (χ0v) is 12.9. The lowest BCUT2D eigenvalue weighted by molar-refractivity contribution is 0.347. The third-order valence-electron chi connectivity index (χ3n) is 3.93. The van der Waals surface area contributed by atoms with Gasteiger partial charge in [0.1, 0.15) is 5.82 Å². The monoisotopic (exact) mass is 286 g/mol. The van der Waals surface area contributed by atoms with Crippen LogP contribution in [-0.4, -0.2) is 11.5 Å². The minimum atomic E-state index is -0.200. The molecule has 0 aliphatic rings. The highest BCUT2D eigenvalue weighted by Gasteiger charge is 2.32. The molecule has 1 atom stereocenters. The molecule has 0 amide bonds. The molecule has 2 rings (SSSR count). The van der Waals surface area contributed by atoms with Crippen LogP contribution in [0.15, 0.2) is 48.8 Å². The van der Waals surface area contributed by atoms with E-state index in [9.17, 15) is 4.39 Å². The highest BCUT2D eigenvalue weighted by Crippen LogP contribution is 2.36. The molecular weight excluding hydrogens is 263 g/mol. The largest absolute Gasteiger partial charge is 0.309 e. The maximum Gasteiger partial charge on any atom is 0.123 e. The van der Waals surface area contributed by atoms with Crippen molar-refractivity contribution in [1.82, 2.24) is 10.3 Å². The molecule has 1 aromatic heterocycles. The number of benzene rings is 1. The second kappa shape index (κ2) is 6.81. The molecule has 112 valence electrons. The van der Waals surface area contributed by atoms with Crippen LogP contribution in [0.4, 0.5) is 4.39 Å². The van der Waals surface area contributed by atoms with Crippen molar-refractivity contribution in [2.75, 3.05) is 6.54 Å². The van der Waals surface area contributed by atoms with E-state index >= 15 is 0 Å². The summed E-state index contributed by atoms with van der Waals surface area (Å²) < 4.78 is 13.2. The van der Waals surface area contributed by atoms with Gasteiger partial charge in [-0.15, -0.1) is 0 Å². The Hall–Kier alpha value is -1.74. The van der Waals surface area contributed by atoms with Crippen LogP contribution in [0.3, 0.4) is 0 Å². The average Bonchev–Trinajstić information content (AvgIpc) is 2.49. The fourth-order valence-electron chi connectivity index (χ4n) is 2.67. The Kier molecular flexibility index (Phi) is 5.07. The van der Waals surface area contributed by atoms with Crippen LogP contribution in [0, 0.1) is 5.82 Å². The van der Waals surface area contributed by atoms with Crippen LogP contribution in [0.1, 0.15) is 44.4 Å². The molecule has 0 aliphatic carbocycles. The number of nitrogens with one attached hydrogen (secondary N) is 1. The van der Waals surface area contributed by atoms with Crippen molar-refractivity contribution in [3.8, 4) is 0 Å². The zero-order chi connectivity index (χ0) is 15.3. The van der Waals surface area contributed by atoms with Gasteiger partial charge in [0, 0.05) is 23.9 Å². The fourth-order valence-corrected chi connectivity index (χ4v) is 2.67. The van der Waals surface area contributed by atoms with E-state index in [4.69, 9.17) is 0 Å². The lowest BCUT2D eigenvalue weighted by atomic mass is 9.75. The molecule has 0 fully saturated rings. The maximum absolute atomic E-state index is 13.2. The Bertz CT molecular complexity index is 549. The molecule has 0 bridgehead atoms. The van der Waals surface area contributed by atoms with E-state index in [2.05, 4.69) is 37.1 Å². The van der Waals surface area contributed by atoms with E-state index in [1.807, 2.05) is 24.4 Å². The van der Waals surface area contributed by atoms with Gasteiger partial charge >= 0.3 is 0 Å². The summed E-state index contributed by atoms with van der Waals surface area (Å²) in [5.74, 6) is -0.200. The first-order valence-corrected chi connectivity index (χ1v) is 7.45. The Balaban J connectivity index is 2.36. The molecule has 2 aromatic rings. The summed E-state index contributed by atoms with van der Waals surface area (Å²) in [6.07, 6.45) is 4.75. The summed E-state index contributed by atoms with van der Waals surface area (Å²) in [4.78, 5) is 4.23. The minimum absolute atomic E-state index is 0.136. The second-order valence-corrected chi connectivity index (χ2v) is 5.90. The van der Waals surface area contributed by atoms with Crippen LogP contribution in [0.2, 0.25) is 0 Å². The highest BCUT2D eigenvalue weighted by atomic mass is 19.1. The number of hydrogen-bond acceptors (Lipinski definition) is 2. The predicted molar refractivity (Wildman–Crippen MR) is 84.7 cm³/mol. The molecule has 21 heavy (non-hydrogen) atoms. The van der Waals surface area contributed by atoms with Crippen molar-refractivity contribution < 1.29 is 4.39 Å². The fraction of sp³-hybridized carbons (Fsp3) is 0.389. The molecule has 2 nitrogen and oxygen atoms in total. The topological polar surface area (TPSA) is 24.9 Å². The van der Waals surface area contributed by atoms with E-state index in [-0.39, 0.29) is 17.3 Å². The first kappa shape index (κ1) is 15.6. The van der Waals surface area contributed by atoms with Gasteiger partial charge in [-0.05, 0) is 42.3 Å². The summed E-state index contributed by atoms with van der Waals surface area (Å²) in [6, 6.07) is 11.0. The predicted octanol–water partition coefficient (Wildman–Crippen LogP) is 4.24. The molecule has 1 unspecified atom stereocenters. The average molecular weight is 286 g/mol. The van der Waals surface area contributed by atoms with Crippen molar-refractivity contribution in [3.63, 3.8) is 0 Å². The summed E-state index contributed by atoms with van der Waals surface area (Å²) >= 11 is 0. The molecular formula is C18H23FN2. The molecule has 0 saturated carbocycles. The Labute approximate surface area is 126 Å². The standard InChI is InChI=1S/C18H23FN2/c1-4-11-21-17(14-6-5-12-20-13-14)18(2,3)15-7-9-16(19)10-8-15/h5-10,12-13,17,21H,4,11H2,1-3H3. The van der Waals surface area contributed by atoms with Gasteiger partial charge in [0.25, 0.3) is 0 Å². The Morgan fingerprint density at radius 2 is 1.90 bits per heavy atom. The molecule has 1 N–H and O–H groups in total. The van der Waals surface area contributed by atoms with Crippen LogP contribution < -0.4 is 5.32 Å². The molecule has 0 saturated heterocycles. The van der Waals surface area contributed by atoms with Crippen LogP contribution in [0.5, 0.6) is 0 Å². The number of hydrogen-bond donors (Lipinski definition) is 1. The third kappa shape index (κ3) is 3.67. The number of aromatic nitrogens is 1. The molecule has 1 aromatic carbocycles. The van der Waals surface area contributed by atoms with Gasteiger partial charge in [0.15, 0.2) is 0 Å². The Morgan fingerprint density at radius 3 is 2.48 bits per heavy atom. The first-order chi connectivity index (χ1) is 10.1. The number of rotatable bonds is 6. The van der Waals surface area contributed by atoms with Gasteiger partial charge in [-0.1, -0.05) is 39.0 Å². The highest BCUT2D eigenvalue weighted by molar-refractivity contribution is 5.31. The molecule has 0 aliphatic heterocycles. The summed E-state index contributed by atoms with van der Waals surface area (Å²) in [7, 11) is 0. The summed E-state index contributed by atoms with van der Waals surface area (Å²) in [5.41, 5.74) is 2.10. The SMILES string of the molecule is CCCNC(c1cccnc1)C(C)(C)c1ccc(F)cc1. The van der Waals surface area contributed by atoms with E-state index in [0.29, 0.717) is 0 Å². The van der Waals surface area contributed by atoms with Gasteiger partial charge in [0.2, 0.25) is 0 Å². The van der Waals surface area contributed by atoms with Gasteiger partial charge in [-0.3, -0.25) is 4.98 Å². The van der Waals surface area contributed by atoms with Gasteiger partial charge in [0.05, 0.1) is 0 Å². The normalized spacial score (nSPS) is 13.1.